The normalized spacial score (nSPS) is 17.0. The SMILES string of the molecule is COC1(Nc2cccc(Br)c2OC(F)F)CC1. The zero-order valence-corrected chi connectivity index (χ0v) is 10.8. The van der Waals surface area contributed by atoms with Crippen molar-refractivity contribution in [1.82, 2.24) is 0 Å². The minimum atomic E-state index is -2.85. The molecule has 0 unspecified atom stereocenters. The zero-order valence-electron chi connectivity index (χ0n) is 9.17. The molecule has 0 bridgehead atoms. The Kier molecular flexibility index (Phi) is 3.53. The molecule has 3 nitrogen and oxygen atoms in total. The van der Waals surface area contributed by atoms with E-state index in [1.165, 1.54) is 0 Å². The van der Waals surface area contributed by atoms with Gasteiger partial charge < -0.3 is 14.8 Å². The second-order valence-electron chi connectivity index (χ2n) is 3.82. The van der Waals surface area contributed by atoms with Crippen LogP contribution in [0.2, 0.25) is 0 Å². The van der Waals surface area contributed by atoms with Crippen molar-refractivity contribution in [2.45, 2.75) is 25.2 Å². The lowest BCUT2D eigenvalue weighted by atomic mass is 10.3. The first kappa shape index (κ1) is 12.6. The Balaban J connectivity index is 2.23. The van der Waals surface area contributed by atoms with Crippen LogP contribution in [0.3, 0.4) is 0 Å². The number of ether oxygens (including phenoxy) is 2. The molecule has 1 N–H and O–H groups in total. The fourth-order valence-corrected chi connectivity index (χ4v) is 2.01. The Hall–Kier alpha value is -0.880. The maximum absolute atomic E-state index is 12.3. The molecule has 0 aliphatic heterocycles. The van der Waals surface area contributed by atoms with Crippen LogP contribution >= 0.6 is 15.9 Å². The predicted molar refractivity (Wildman–Crippen MR) is 63.4 cm³/mol. The molecule has 0 spiro atoms. The Bertz CT molecular complexity index is 410. The summed E-state index contributed by atoms with van der Waals surface area (Å²) < 4.78 is 34.9. The third-order valence-corrected chi connectivity index (χ3v) is 3.26. The summed E-state index contributed by atoms with van der Waals surface area (Å²) in [5, 5.41) is 3.08. The average Bonchev–Trinajstić information content (AvgIpc) is 3.03. The van der Waals surface area contributed by atoms with Gasteiger partial charge in [0.2, 0.25) is 0 Å². The molecule has 6 heteroatoms. The van der Waals surface area contributed by atoms with E-state index in [0.29, 0.717) is 10.2 Å². The predicted octanol–water partition coefficient (Wildman–Crippen LogP) is 3.60. The molecular weight excluding hydrogens is 296 g/mol. The lowest BCUT2D eigenvalue weighted by Crippen LogP contribution is -2.23. The highest BCUT2D eigenvalue weighted by Gasteiger charge is 2.43. The average molecular weight is 308 g/mol. The van der Waals surface area contributed by atoms with Gasteiger partial charge in [-0.3, -0.25) is 0 Å². The Labute approximate surface area is 106 Å². The number of alkyl halides is 2. The summed E-state index contributed by atoms with van der Waals surface area (Å²) in [5.74, 6) is 0.103. The van der Waals surface area contributed by atoms with E-state index in [-0.39, 0.29) is 5.75 Å². The van der Waals surface area contributed by atoms with Crippen LogP contribution < -0.4 is 10.1 Å². The van der Waals surface area contributed by atoms with Gasteiger partial charge in [0.1, 0.15) is 5.72 Å². The standard InChI is InChI=1S/C11H12BrF2NO2/c1-16-11(5-6-11)15-8-4-2-3-7(12)9(8)17-10(13)14/h2-4,10,15H,5-6H2,1H3. The summed E-state index contributed by atoms with van der Waals surface area (Å²) in [6, 6.07) is 5.08. The van der Waals surface area contributed by atoms with Crippen molar-refractivity contribution in [1.29, 1.82) is 0 Å². The van der Waals surface area contributed by atoms with Gasteiger partial charge in [0.05, 0.1) is 10.2 Å². The Morgan fingerprint density at radius 2 is 2.12 bits per heavy atom. The highest BCUT2D eigenvalue weighted by Crippen LogP contribution is 2.43. The molecule has 94 valence electrons. The quantitative estimate of drug-likeness (QED) is 0.843. The summed E-state index contributed by atoms with van der Waals surface area (Å²) in [6.45, 7) is -2.85. The van der Waals surface area contributed by atoms with E-state index in [0.717, 1.165) is 12.8 Å². The maximum atomic E-state index is 12.3. The van der Waals surface area contributed by atoms with Gasteiger partial charge in [0.15, 0.2) is 5.75 Å². The second-order valence-corrected chi connectivity index (χ2v) is 4.67. The number of para-hydroxylation sites is 1. The van der Waals surface area contributed by atoms with E-state index in [1.807, 2.05) is 0 Å². The molecule has 0 saturated heterocycles. The topological polar surface area (TPSA) is 30.5 Å². The third-order valence-electron chi connectivity index (χ3n) is 2.63. The second kappa shape index (κ2) is 4.78. The molecular formula is C11H12BrF2NO2. The van der Waals surface area contributed by atoms with Gasteiger partial charge in [0.25, 0.3) is 0 Å². The fraction of sp³-hybridized carbons (Fsp3) is 0.455. The number of methoxy groups -OCH3 is 1. The van der Waals surface area contributed by atoms with E-state index < -0.39 is 12.3 Å². The van der Waals surface area contributed by atoms with Crippen molar-refractivity contribution in [2.24, 2.45) is 0 Å². The number of hydrogen-bond donors (Lipinski definition) is 1. The number of anilines is 1. The molecule has 0 heterocycles. The van der Waals surface area contributed by atoms with E-state index in [1.54, 1.807) is 25.3 Å². The number of nitrogens with one attached hydrogen (secondary N) is 1. The van der Waals surface area contributed by atoms with E-state index in [4.69, 9.17) is 4.74 Å². The van der Waals surface area contributed by atoms with Gasteiger partial charge in [-0.05, 0) is 40.9 Å². The number of benzene rings is 1. The van der Waals surface area contributed by atoms with Crippen LogP contribution in [-0.2, 0) is 4.74 Å². The first-order chi connectivity index (χ1) is 8.06. The van der Waals surface area contributed by atoms with Gasteiger partial charge in [-0.25, -0.2) is 0 Å². The number of rotatable bonds is 5. The van der Waals surface area contributed by atoms with Crippen LogP contribution in [0.15, 0.2) is 22.7 Å². The van der Waals surface area contributed by atoms with Crippen LogP contribution in [0, 0.1) is 0 Å². The summed E-state index contributed by atoms with van der Waals surface area (Å²) >= 11 is 3.19. The van der Waals surface area contributed by atoms with Crippen molar-refractivity contribution in [3.8, 4) is 5.75 Å². The Morgan fingerprint density at radius 3 is 2.65 bits per heavy atom. The minimum absolute atomic E-state index is 0.103. The molecule has 1 fully saturated rings. The van der Waals surface area contributed by atoms with Crippen molar-refractivity contribution >= 4 is 21.6 Å². The molecule has 0 amide bonds. The highest BCUT2D eigenvalue weighted by atomic mass is 79.9. The molecule has 2 rings (SSSR count). The van der Waals surface area contributed by atoms with Crippen LogP contribution in [-0.4, -0.2) is 19.4 Å². The minimum Gasteiger partial charge on any atom is -0.431 e. The van der Waals surface area contributed by atoms with Crippen LogP contribution in [0.5, 0.6) is 5.75 Å². The Morgan fingerprint density at radius 1 is 1.41 bits per heavy atom. The summed E-state index contributed by atoms with van der Waals surface area (Å²) in [4.78, 5) is 0. The van der Waals surface area contributed by atoms with Crippen molar-refractivity contribution in [3.63, 3.8) is 0 Å². The van der Waals surface area contributed by atoms with Crippen LogP contribution in [0.1, 0.15) is 12.8 Å². The van der Waals surface area contributed by atoms with Crippen LogP contribution in [0.25, 0.3) is 0 Å². The van der Waals surface area contributed by atoms with Gasteiger partial charge in [-0.2, -0.15) is 8.78 Å². The molecule has 1 aromatic carbocycles. The van der Waals surface area contributed by atoms with Gasteiger partial charge in [-0.15, -0.1) is 0 Å². The monoisotopic (exact) mass is 307 g/mol. The molecule has 1 aliphatic carbocycles. The molecule has 0 atom stereocenters. The highest BCUT2D eigenvalue weighted by molar-refractivity contribution is 9.10. The van der Waals surface area contributed by atoms with Crippen molar-refractivity contribution < 1.29 is 18.3 Å². The molecule has 1 saturated carbocycles. The first-order valence-corrected chi connectivity index (χ1v) is 5.92. The first-order valence-electron chi connectivity index (χ1n) is 5.13. The summed E-state index contributed by atoms with van der Waals surface area (Å²) in [7, 11) is 1.59. The van der Waals surface area contributed by atoms with Gasteiger partial charge >= 0.3 is 6.61 Å². The lowest BCUT2D eigenvalue weighted by molar-refractivity contribution is -0.0500. The smallest absolute Gasteiger partial charge is 0.387 e. The largest absolute Gasteiger partial charge is 0.431 e. The van der Waals surface area contributed by atoms with Gasteiger partial charge in [0, 0.05) is 7.11 Å². The van der Waals surface area contributed by atoms with E-state index >= 15 is 0 Å². The van der Waals surface area contributed by atoms with E-state index in [2.05, 4.69) is 26.0 Å². The molecule has 1 aromatic rings. The third kappa shape index (κ3) is 2.87. The van der Waals surface area contributed by atoms with Crippen molar-refractivity contribution in [3.05, 3.63) is 22.7 Å². The number of halogens is 3. The molecule has 0 aromatic heterocycles. The maximum Gasteiger partial charge on any atom is 0.387 e. The summed E-state index contributed by atoms with van der Waals surface area (Å²) in [5.41, 5.74) is 0.0696. The fourth-order valence-electron chi connectivity index (χ4n) is 1.56. The summed E-state index contributed by atoms with van der Waals surface area (Å²) in [6.07, 6.45) is 1.70. The zero-order chi connectivity index (χ0) is 12.5. The van der Waals surface area contributed by atoms with Crippen LogP contribution in [0.4, 0.5) is 14.5 Å². The molecule has 17 heavy (non-hydrogen) atoms. The number of hydrogen-bond acceptors (Lipinski definition) is 3. The lowest BCUT2D eigenvalue weighted by Gasteiger charge is -2.20. The van der Waals surface area contributed by atoms with E-state index in [9.17, 15) is 8.78 Å². The molecule has 1 aliphatic rings. The van der Waals surface area contributed by atoms with Gasteiger partial charge in [-0.1, -0.05) is 6.07 Å². The van der Waals surface area contributed by atoms with Crippen molar-refractivity contribution in [2.75, 3.05) is 12.4 Å². The molecule has 0 radical (unpaired) electrons.